The lowest BCUT2D eigenvalue weighted by Gasteiger charge is -2.09. The highest BCUT2D eigenvalue weighted by Gasteiger charge is 2.17. The number of hydrogen-bond acceptors (Lipinski definition) is 8. The summed E-state index contributed by atoms with van der Waals surface area (Å²) in [6, 6.07) is 8.89. The Morgan fingerprint density at radius 2 is 0.867 bits per heavy atom. The lowest BCUT2D eigenvalue weighted by Crippen LogP contribution is -2.52. The summed E-state index contributed by atoms with van der Waals surface area (Å²) < 4.78 is 0. The molecule has 154 valence electrons. The number of nitro benzene ring substituents is 2. The molecule has 0 aliphatic heterocycles. The van der Waals surface area contributed by atoms with Crippen molar-refractivity contribution >= 4 is 35.0 Å². The van der Waals surface area contributed by atoms with E-state index in [0.717, 1.165) is 48.5 Å². The molecule has 0 bridgehead atoms. The smallest absolute Gasteiger partial charge is 0.267 e. The average molecular weight is 416 g/mol. The van der Waals surface area contributed by atoms with Crippen LogP contribution in [0.15, 0.2) is 48.5 Å². The molecule has 0 saturated heterocycles. The van der Waals surface area contributed by atoms with Gasteiger partial charge in [-0.05, 0) is 24.3 Å². The summed E-state index contributed by atoms with van der Waals surface area (Å²) in [5, 5.41) is 21.1. The van der Waals surface area contributed by atoms with Gasteiger partial charge in [-0.15, -0.1) is 0 Å². The molecule has 0 unspecified atom stereocenters. The van der Waals surface area contributed by atoms with Crippen LogP contribution in [0.2, 0.25) is 0 Å². The number of carbonyl (C=O) groups is 4. The van der Waals surface area contributed by atoms with Gasteiger partial charge in [-0.25, -0.2) is 0 Å². The van der Waals surface area contributed by atoms with Crippen molar-refractivity contribution in [3.05, 3.63) is 79.9 Å². The van der Waals surface area contributed by atoms with Crippen LogP contribution < -0.4 is 21.7 Å². The molecule has 0 radical (unpaired) electrons. The van der Waals surface area contributed by atoms with Crippen molar-refractivity contribution in [2.75, 3.05) is 0 Å². The van der Waals surface area contributed by atoms with Crippen LogP contribution in [-0.4, -0.2) is 33.5 Å². The Bertz CT molecular complexity index is 936. The minimum Gasteiger partial charge on any atom is -0.267 e. The fourth-order valence-electron chi connectivity index (χ4n) is 1.95. The van der Waals surface area contributed by atoms with Gasteiger partial charge in [0.25, 0.3) is 23.2 Å². The van der Waals surface area contributed by atoms with Gasteiger partial charge in [0, 0.05) is 35.4 Å². The Morgan fingerprint density at radius 3 is 1.13 bits per heavy atom. The third-order valence-electron chi connectivity index (χ3n) is 3.47. The Labute approximate surface area is 166 Å². The molecule has 0 aromatic heterocycles. The van der Waals surface area contributed by atoms with Crippen molar-refractivity contribution < 1.29 is 29.0 Å². The van der Waals surface area contributed by atoms with Gasteiger partial charge in [0.1, 0.15) is 0 Å². The maximum atomic E-state index is 11.8. The molecule has 0 aliphatic rings. The molecule has 30 heavy (non-hydrogen) atoms. The van der Waals surface area contributed by atoms with E-state index in [1.807, 2.05) is 10.9 Å². The predicted molar refractivity (Wildman–Crippen MR) is 97.4 cm³/mol. The predicted octanol–water partition coefficient (Wildman–Crippen LogP) is -0.275. The van der Waals surface area contributed by atoms with Crippen molar-refractivity contribution in [3.63, 3.8) is 0 Å². The minimum absolute atomic E-state index is 0.0206. The van der Waals surface area contributed by atoms with E-state index in [4.69, 9.17) is 0 Å². The quantitative estimate of drug-likeness (QED) is 0.296. The molecule has 4 N–H and O–H groups in total. The summed E-state index contributed by atoms with van der Waals surface area (Å²) in [6.07, 6.45) is 0. The Hall–Kier alpha value is -4.88. The number of nitro groups is 2. The van der Waals surface area contributed by atoms with Crippen molar-refractivity contribution in [1.82, 2.24) is 21.7 Å². The first kappa shape index (κ1) is 21.4. The van der Waals surface area contributed by atoms with Crippen molar-refractivity contribution in [2.24, 2.45) is 0 Å². The summed E-state index contributed by atoms with van der Waals surface area (Å²) >= 11 is 0. The van der Waals surface area contributed by atoms with Crippen LogP contribution in [0.1, 0.15) is 20.7 Å². The van der Waals surface area contributed by atoms with Crippen LogP contribution >= 0.6 is 0 Å². The standard InChI is InChI=1S/C16H12N6O8/c23-13(9-1-5-11(6-2-9)21(27)28)17-19-15(25)16(26)20-18-14(24)10-3-7-12(8-4-10)22(29)30/h1-8H,(H,17,23)(H,18,24)(H,19,25)(H,20,26). The summed E-state index contributed by atoms with van der Waals surface area (Å²) in [4.78, 5) is 66.8. The van der Waals surface area contributed by atoms with Gasteiger partial charge in [-0.1, -0.05) is 0 Å². The van der Waals surface area contributed by atoms with Crippen LogP contribution in [0.5, 0.6) is 0 Å². The van der Waals surface area contributed by atoms with E-state index < -0.39 is 33.5 Å². The second kappa shape index (κ2) is 9.36. The zero-order valence-electron chi connectivity index (χ0n) is 14.8. The Kier molecular flexibility index (Phi) is 6.68. The van der Waals surface area contributed by atoms with E-state index in [-0.39, 0.29) is 22.5 Å². The van der Waals surface area contributed by atoms with Gasteiger partial charge in [-0.2, -0.15) is 0 Å². The first-order valence-corrected chi connectivity index (χ1v) is 7.89. The molecule has 0 heterocycles. The topological polar surface area (TPSA) is 203 Å². The lowest BCUT2D eigenvalue weighted by molar-refractivity contribution is -0.385. The first-order valence-electron chi connectivity index (χ1n) is 7.89. The second-order valence-electron chi connectivity index (χ2n) is 5.42. The van der Waals surface area contributed by atoms with Crippen LogP contribution in [0.4, 0.5) is 11.4 Å². The first-order chi connectivity index (χ1) is 14.2. The number of benzene rings is 2. The number of non-ortho nitro benzene ring substituents is 2. The molecule has 2 aromatic carbocycles. The van der Waals surface area contributed by atoms with Crippen molar-refractivity contribution in [2.45, 2.75) is 0 Å². The molecule has 2 aromatic rings. The van der Waals surface area contributed by atoms with E-state index >= 15 is 0 Å². The van der Waals surface area contributed by atoms with E-state index in [2.05, 4.69) is 0 Å². The number of hydrazine groups is 2. The lowest BCUT2D eigenvalue weighted by atomic mass is 10.2. The molecule has 0 aliphatic carbocycles. The van der Waals surface area contributed by atoms with Gasteiger partial charge < -0.3 is 0 Å². The van der Waals surface area contributed by atoms with Gasteiger partial charge in [0.15, 0.2) is 0 Å². The molecular formula is C16H12N6O8. The normalized spacial score (nSPS) is 9.73. The molecule has 2 rings (SSSR count). The van der Waals surface area contributed by atoms with Gasteiger partial charge in [0.05, 0.1) is 9.85 Å². The number of nitrogens with zero attached hydrogens (tertiary/aromatic N) is 2. The molecular weight excluding hydrogens is 404 g/mol. The number of nitrogens with one attached hydrogen (secondary N) is 4. The monoisotopic (exact) mass is 416 g/mol. The fourth-order valence-corrected chi connectivity index (χ4v) is 1.95. The molecule has 0 fully saturated rings. The minimum atomic E-state index is -1.32. The fraction of sp³-hybridized carbons (Fsp3) is 0. The summed E-state index contributed by atoms with van der Waals surface area (Å²) in [5.41, 5.74) is 6.90. The van der Waals surface area contributed by atoms with Crippen LogP contribution in [-0.2, 0) is 9.59 Å². The van der Waals surface area contributed by atoms with Crippen molar-refractivity contribution in [3.8, 4) is 0 Å². The third-order valence-corrected chi connectivity index (χ3v) is 3.47. The molecule has 14 nitrogen and oxygen atoms in total. The van der Waals surface area contributed by atoms with E-state index in [9.17, 15) is 39.4 Å². The van der Waals surface area contributed by atoms with Crippen molar-refractivity contribution in [1.29, 1.82) is 0 Å². The van der Waals surface area contributed by atoms with Gasteiger partial charge >= 0.3 is 11.8 Å². The Morgan fingerprint density at radius 1 is 0.567 bits per heavy atom. The van der Waals surface area contributed by atoms with E-state index in [0.29, 0.717) is 0 Å². The summed E-state index contributed by atoms with van der Waals surface area (Å²) in [5.74, 6) is -4.34. The molecule has 4 amide bonds. The molecule has 0 spiro atoms. The zero-order chi connectivity index (χ0) is 22.3. The molecule has 0 atom stereocenters. The number of rotatable bonds is 4. The average Bonchev–Trinajstić information content (AvgIpc) is 2.75. The van der Waals surface area contributed by atoms with Gasteiger partial charge in [0.2, 0.25) is 0 Å². The van der Waals surface area contributed by atoms with E-state index in [1.54, 1.807) is 10.9 Å². The number of carbonyl (C=O) groups excluding carboxylic acids is 4. The molecule has 0 saturated carbocycles. The largest absolute Gasteiger partial charge is 0.329 e. The highest BCUT2D eigenvalue weighted by molar-refractivity contribution is 6.35. The highest BCUT2D eigenvalue weighted by atomic mass is 16.6. The van der Waals surface area contributed by atoms with Crippen LogP contribution in [0.3, 0.4) is 0 Å². The summed E-state index contributed by atoms with van der Waals surface area (Å²) in [6.45, 7) is 0. The maximum absolute atomic E-state index is 11.8. The maximum Gasteiger partial charge on any atom is 0.329 e. The summed E-state index contributed by atoms with van der Waals surface area (Å²) in [7, 11) is 0. The number of amides is 4. The van der Waals surface area contributed by atoms with Crippen LogP contribution in [0.25, 0.3) is 0 Å². The highest BCUT2D eigenvalue weighted by Crippen LogP contribution is 2.12. The van der Waals surface area contributed by atoms with Crippen LogP contribution in [0, 0.1) is 20.2 Å². The van der Waals surface area contributed by atoms with Gasteiger partial charge in [-0.3, -0.25) is 61.1 Å². The third kappa shape index (κ3) is 5.56. The Balaban J connectivity index is 1.82. The molecule has 14 heteroatoms. The second-order valence-corrected chi connectivity index (χ2v) is 5.42. The zero-order valence-corrected chi connectivity index (χ0v) is 14.8. The van der Waals surface area contributed by atoms with E-state index in [1.165, 1.54) is 0 Å². The SMILES string of the molecule is O=C(NNC(=O)c1ccc([N+](=O)[O-])cc1)C(=O)NNC(=O)c1ccc([N+](=O)[O-])cc1. The number of hydrogen-bond donors (Lipinski definition) is 4.